The zero-order valence-electron chi connectivity index (χ0n) is 33.8. The number of hydrogen-bond donors (Lipinski definition) is 2. The fraction of sp³-hybridized carbons (Fsp3) is 0.395. The fourth-order valence-corrected chi connectivity index (χ4v) is 9.22. The van der Waals surface area contributed by atoms with Gasteiger partial charge in [0.2, 0.25) is 0 Å². The monoisotopic (exact) mass is 861 g/mol. The summed E-state index contributed by atoms with van der Waals surface area (Å²) >= 11 is 6.22. The lowest BCUT2D eigenvalue weighted by molar-refractivity contribution is -0.384. The Morgan fingerprint density at radius 3 is 2.48 bits per heavy atom. The highest BCUT2D eigenvalue weighted by atomic mass is 35.5. The highest BCUT2D eigenvalue weighted by Crippen LogP contribution is 2.43. The molecule has 2 aliphatic heterocycles. The minimum atomic E-state index is -4.62. The highest BCUT2D eigenvalue weighted by Gasteiger charge is 2.31. The summed E-state index contributed by atoms with van der Waals surface area (Å²) < 4.78 is 55.2. The summed E-state index contributed by atoms with van der Waals surface area (Å²) in [5.74, 6) is -2.37. The van der Waals surface area contributed by atoms with Crippen molar-refractivity contribution in [3.63, 3.8) is 0 Å². The molecule has 3 N–H and O–H groups in total. The largest absolute Gasteiger partial charge is 0.455 e. The molecule has 0 unspecified atom stereocenters. The molecular formula is C43H49ClFN7O7S. The van der Waals surface area contributed by atoms with Gasteiger partial charge in [-0.1, -0.05) is 43.2 Å². The SMILES string of the molecule is CN(c1ccc(S(=O)(=O)NC(=O)c2ccc(N3CCN(CC4=C(c5ccc(Cl)cc5)CC(C)(C)CC4)CC3)cc2Oc2cnc(N)c(F)c2)cc1[N+](=O)[O-])C1CCOCC1. The maximum atomic E-state index is 14.5. The van der Waals surface area contributed by atoms with Crippen LogP contribution in [0.2, 0.25) is 5.02 Å². The van der Waals surface area contributed by atoms with Gasteiger partial charge in [-0.3, -0.25) is 19.8 Å². The molecule has 17 heteroatoms. The Labute approximate surface area is 354 Å². The number of aromatic nitrogens is 1. The number of benzene rings is 3. The number of nitro benzene ring substituents is 1. The number of rotatable bonds is 12. The van der Waals surface area contributed by atoms with Crippen molar-refractivity contribution >= 4 is 56.0 Å². The average molecular weight is 862 g/mol. The number of pyridine rings is 1. The predicted molar refractivity (Wildman–Crippen MR) is 230 cm³/mol. The van der Waals surface area contributed by atoms with Crippen LogP contribution in [0.4, 0.5) is 27.3 Å². The lowest BCUT2D eigenvalue weighted by atomic mass is 9.72. The number of carbonyl (C=O) groups excluding carboxylic acids is 1. The van der Waals surface area contributed by atoms with Gasteiger partial charge in [0, 0.05) is 87.9 Å². The van der Waals surface area contributed by atoms with Crippen molar-refractivity contribution in [3.05, 3.63) is 111 Å². The number of sulfonamides is 1. The second-order valence-corrected chi connectivity index (χ2v) is 18.4. The van der Waals surface area contributed by atoms with Crippen LogP contribution in [0.1, 0.15) is 61.9 Å². The van der Waals surface area contributed by atoms with Crippen LogP contribution in [0, 0.1) is 21.3 Å². The standard InChI is InChI=1S/C43H49ClFN7O7S/c1-43(2)15-12-29(36(25-43)28-4-6-30(44)7-5-28)27-50-16-18-51(19-17-50)32-8-10-35(40(22-32)59-33-23-37(45)41(46)47-26-33)42(53)48-60(56,57)34-9-11-38(39(24-34)52(54)55)49(3)31-13-20-58-21-14-31/h4-11,22-24,26,31H,12-21,25,27H2,1-3H3,(H2,46,47)(H,48,53). The quantitative estimate of drug-likeness (QED) is 0.105. The van der Waals surface area contributed by atoms with Gasteiger partial charge in [0.05, 0.1) is 21.6 Å². The molecule has 0 bridgehead atoms. The lowest BCUT2D eigenvalue weighted by Gasteiger charge is -2.39. The topological polar surface area (TPSA) is 173 Å². The van der Waals surface area contributed by atoms with Crippen LogP contribution in [0.15, 0.2) is 83.4 Å². The summed E-state index contributed by atoms with van der Waals surface area (Å²) in [7, 11) is -2.91. The van der Waals surface area contributed by atoms with Gasteiger partial charge in [-0.25, -0.2) is 22.5 Å². The summed E-state index contributed by atoms with van der Waals surface area (Å²) in [6.45, 7) is 9.34. The van der Waals surface area contributed by atoms with Gasteiger partial charge in [-0.2, -0.15) is 0 Å². The van der Waals surface area contributed by atoms with Crippen molar-refractivity contribution in [3.8, 4) is 11.5 Å². The molecule has 3 aliphatic rings. The third kappa shape index (κ3) is 9.84. The smallest absolute Gasteiger partial charge is 0.293 e. The van der Waals surface area contributed by atoms with Crippen LogP contribution < -0.4 is 25.0 Å². The van der Waals surface area contributed by atoms with Crippen LogP contribution in [0.3, 0.4) is 0 Å². The molecule has 7 rings (SSSR count). The van der Waals surface area contributed by atoms with Crippen molar-refractivity contribution in [2.75, 3.05) is 68.5 Å². The van der Waals surface area contributed by atoms with E-state index in [2.05, 4.69) is 40.8 Å². The Balaban J connectivity index is 1.10. The van der Waals surface area contributed by atoms with E-state index in [0.717, 1.165) is 51.0 Å². The van der Waals surface area contributed by atoms with E-state index in [1.54, 1.807) is 24.1 Å². The van der Waals surface area contributed by atoms with Gasteiger partial charge < -0.3 is 25.0 Å². The molecular weight excluding hydrogens is 813 g/mol. The number of nitrogens with zero attached hydrogens (tertiary/aromatic N) is 5. The zero-order valence-corrected chi connectivity index (χ0v) is 35.4. The molecule has 2 saturated heterocycles. The first-order valence-electron chi connectivity index (χ1n) is 19.9. The van der Waals surface area contributed by atoms with Gasteiger partial charge in [-0.05, 0) is 85.1 Å². The van der Waals surface area contributed by atoms with Gasteiger partial charge in [0.15, 0.2) is 11.6 Å². The number of nitrogen functional groups attached to an aromatic ring is 1. The third-order valence-electron chi connectivity index (χ3n) is 11.6. The summed E-state index contributed by atoms with van der Waals surface area (Å²) in [5, 5.41) is 12.9. The Bertz CT molecular complexity index is 2400. The zero-order chi connectivity index (χ0) is 42.8. The first kappa shape index (κ1) is 42.8. The molecule has 1 aliphatic carbocycles. The maximum absolute atomic E-state index is 14.5. The normalized spacial score (nSPS) is 17.6. The molecule has 60 heavy (non-hydrogen) atoms. The van der Waals surface area contributed by atoms with E-state index in [4.69, 9.17) is 26.8 Å². The Kier molecular flexibility index (Phi) is 12.7. The Morgan fingerprint density at radius 1 is 1.08 bits per heavy atom. The number of anilines is 3. The second kappa shape index (κ2) is 17.7. The number of allylic oxidation sites excluding steroid dienone is 1. The number of nitro groups is 1. The minimum absolute atomic E-state index is 0.0318. The van der Waals surface area contributed by atoms with Crippen molar-refractivity contribution in [2.24, 2.45) is 5.41 Å². The molecule has 3 heterocycles. The summed E-state index contributed by atoms with van der Waals surface area (Å²) in [6, 6.07) is 17.3. The summed E-state index contributed by atoms with van der Waals surface area (Å²) in [4.78, 5) is 35.0. The van der Waals surface area contributed by atoms with Crippen molar-refractivity contribution < 1.29 is 32.0 Å². The summed E-state index contributed by atoms with van der Waals surface area (Å²) in [6.07, 6.45) is 5.62. The lowest BCUT2D eigenvalue weighted by Crippen LogP contribution is -2.47. The minimum Gasteiger partial charge on any atom is -0.455 e. The van der Waals surface area contributed by atoms with Gasteiger partial charge in [0.1, 0.15) is 17.2 Å². The molecule has 318 valence electrons. The van der Waals surface area contributed by atoms with Crippen LogP contribution in [0.25, 0.3) is 5.57 Å². The van der Waals surface area contributed by atoms with Crippen molar-refractivity contribution in [1.82, 2.24) is 14.6 Å². The van der Waals surface area contributed by atoms with Gasteiger partial charge in [0.25, 0.3) is 21.6 Å². The van der Waals surface area contributed by atoms with Crippen molar-refractivity contribution in [2.45, 2.75) is 56.9 Å². The molecule has 1 aromatic heterocycles. The third-order valence-corrected chi connectivity index (χ3v) is 13.2. The van der Waals surface area contributed by atoms with E-state index in [1.165, 1.54) is 41.1 Å². The number of carbonyl (C=O) groups is 1. The van der Waals surface area contributed by atoms with Gasteiger partial charge >= 0.3 is 0 Å². The predicted octanol–water partition coefficient (Wildman–Crippen LogP) is 7.68. The van der Waals surface area contributed by atoms with Crippen LogP contribution in [0.5, 0.6) is 11.5 Å². The molecule has 1 amide bonds. The van der Waals surface area contributed by atoms with E-state index in [-0.39, 0.29) is 40.0 Å². The molecule has 0 saturated carbocycles. The molecule has 2 fully saturated rings. The molecule has 14 nitrogen and oxygen atoms in total. The van der Waals surface area contributed by atoms with Gasteiger partial charge in [-0.15, -0.1) is 0 Å². The first-order valence-corrected chi connectivity index (χ1v) is 21.8. The number of ether oxygens (including phenoxy) is 2. The van der Waals surface area contributed by atoms with E-state index < -0.39 is 37.3 Å². The first-order chi connectivity index (χ1) is 28.6. The second-order valence-electron chi connectivity index (χ2n) is 16.3. The van der Waals surface area contributed by atoms with E-state index in [1.807, 2.05) is 16.9 Å². The Hall–Kier alpha value is -5.29. The number of amides is 1. The summed E-state index contributed by atoms with van der Waals surface area (Å²) in [5.41, 5.74) is 10.1. The number of halogens is 2. The molecule has 3 aromatic carbocycles. The van der Waals surface area contributed by atoms with E-state index in [9.17, 15) is 27.7 Å². The highest BCUT2D eigenvalue weighted by molar-refractivity contribution is 7.90. The van der Waals surface area contributed by atoms with Crippen LogP contribution in [-0.2, 0) is 14.8 Å². The number of nitrogens with one attached hydrogen (secondary N) is 1. The molecule has 0 atom stereocenters. The van der Waals surface area contributed by atoms with Crippen molar-refractivity contribution in [1.29, 1.82) is 0 Å². The fourth-order valence-electron chi connectivity index (χ4n) is 8.11. The molecule has 0 radical (unpaired) electrons. The number of nitrogens with two attached hydrogens (primary N) is 1. The number of piperazine rings is 1. The van der Waals surface area contributed by atoms with Crippen LogP contribution in [-0.4, -0.2) is 88.2 Å². The van der Waals surface area contributed by atoms with E-state index >= 15 is 0 Å². The molecule has 0 spiro atoms. The molecule has 4 aromatic rings. The van der Waals surface area contributed by atoms with E-state index in [0.29, 0.717) is 49.9 Å². The number of hydrogen-bond acceptors (Lipinski definition) is 12. The Morgan fingerprint density at radius 2 is 1.80 bits per heavy atom. The van der Waals surface area contributed by atoms with Crippen LogP contribution >= 0.6 is 11.6 Å². The average Bonchev–Trinajstić information content (AvgIpc) is 3.23. The maximum Gasteiger partial charge on any atom is 0.293 e.